The number of methoxy groups -OCH3 is 1. The minimum atomic E-state index is 0.582. The van der Waals surface area contributed by atoms with Gasteiger partial charge in [0.2, 0.25) is 0 Å². The molecule has 0 fully saturated rings. The van der Waals surface area contributed by atoms with Gasteiger partial charge in [-0.25, -0.2) is 0 Å². The summed E-state index contributed by atoms with van der Waals surface area (Å²) in [5, 5.41) is 0. The van der Waals surface area contributed by atoms with Crippen LogP contribution in [0.1, 0.15) is 5.56 Å². The second-order valence-electron chi connectivity index (χ2n) is 3.19. The number of benzene rings is 1. The van der Waals surface area contributed by atoms with Crippen LogP contribution in [0.15, 0.2) is 27.6 Å². The van der Waals surface area contributed by atoms with Crippen LogP contribution < -0.4 is 10.2 Å². The van der Waals surface area contributed by atoms with Crippen LogP contribution in [0.25, 0.3) is 5.70 Å². The van der Waals surface area contributed by atoms with Crippen molar-refractivity contribution >= 4 is 33.4 Å². The molecule has 0 radical (unpaired) electrons. The smallest absolute Gasteiger partial charge is 0.143 e. The van der Waals surface area contributed by atoms with Gasteiger partial charge in [0.15, 0.2) is 0 Å². The van der Waals surface area contributed by atoms with Crippen LogP contribution in [-0.4, -0.2) is 20.0 Å². The van der Waals surface area contributed by atoms with Crippen molar-refractivity contribution in [2.75, 3.05) is 20.0 Å². The molecule has 1 aromatic rings. The lowest BCUT2D eigenvalue weighted by Crippen LogP contribution is -2.07. The van der Waals surface area contributed by atoms with Gasteiger partial charge in [0.1, 0.15) is 5.75 Å². The van der Waals surface area contributed by atoms with Crippen LogP contribution >= 0.6 is 27.7 Å². The van der Waals surface area contributed by atoms with E-state index in [1.165, 1.54) is 0 Å². The van der Waals surface area contributed by atoms with Gasteiger partial charge in [-0.1, -0.05) is 0 Å². The van der Waals surface area contributed by atoms with Gasteiger partial charge in [-0.3, -0.25) is 10.3 Å². The highest BCUT2D eigenvalue weighted by molar-refractivity contribution is 9.10. The Kier molecular flexibility index (Phi) is 3.78. The lowest BCUT2D eigenvalue weighted by atomic mass is 10.1. The first kappa shape index (κ1) is 11.8. The van der Waals surface area contributed by atoms with Crippen LogP contribution in [0.3, 0.4) is 0 Å². The molecule has 0 spiro atoms. The normalized spacial score (nSPS) is 14.6. The zero-order valence-corrected chi connectivity index (χ0v) is 11.4. The topological polar surface area (TPSA) is 30.5 Å². The maximum absolute atomic E-state index is 5.43. The molecule has 1 aromatic carbocycles. The molecule has 0 aliphatic carbocycles. The van der Waals surface area contributed by atoms with Crippen molar-refractivity contribution in [2.45, 2.75) is 4.90 Å². The molecule has 0 saturated carbocycles. The second-order valence-corrected chi connectivity index (χ2v) is 4.89. The molecule has 0 bridgehead atoms. The average Bonchev–Trinajstić information content (AvgIpc) is 2.81. The Labute approximate surface area is 107 Å². The van der Waals surface area contributed by atoms with Crippen LogP contribution in [-0.2, 0) is 4.84 Å². The third kappa shape index (κ3) is 2.07. The van der Waals surface area contributed by atoms with Gasteiger partial charge >= 0.3 is 0 Å². The molecule has 0 aromatic heterocycles. The molecule has 1 aliphatic heterocycles. The van der Waals surface area contributed by atoms with Crippen molar-refractivity contribution < 1.29 is 9.57 Å². The van der Waals surface area contributed by atoms with E-state index in [1.807, 2.05) is 18.4 Å². The highest BCUT2D eigenvalue weighted by atomic mass is 79.9. The molecule has 0 saturated heterocycles. The zero-order chi connectivity index (χ0) is 11.5. The van der Waals surface area contributed by atoms with E-state index in [2.05, 4.69) is 27.5 Å². The fraction of sp³-hybridized carbons (Fsp3) is 0.273. The molecule has 86 valence electrons. The molecule has 0 amide bonds. The Bertz CT molecular complexity index is 434. The lowest BCUT2D eigenvalue weighted by molar-refractivity contribution is 0.121. The standard InChI is InChI=1S/C11H12BrNO2S/c1-14-11-7(12)3-4-9(16-2)10(11)8-5-6-15-13-8/h3-5,13H,6H2,1-2H3. The van der Waals surface area contributed by atoms with Crippen LogP contribution in [0.5, 0.6) is 5.75 Å². The summed E-state index contributed by atoms with van der Waals surface area (Å²) in [6.07, 6.45) is 4.05. The first-order valence-corrected chi connectivity index (χ1v) is 6.78. The maximum atomic E-state index is 5.43. The Balaban J connectivity index is 2.58. The molecule has 1 N–H and O–H groups in total. The van der Waals surface area contributed by atoms with Gasteiger partial charge in [-0.2, -0.15) is 0 Å². The monoisotopic (exact) mass is 301 g/mol. The van der Waals surface area contributed by atoms with Crippen molar-refractivity contribution in [3.63, 3.8) is 0 Å². The quantitative estimate of drug-likeness (QED) is 0.869. The first-order chi connectivity index (χ1) is 7.77. The van der Waals surface area contributed by atoms with Gasteiger partial charge in [-0.05, 0) is 40.4 Å². The summed E-state index contributed by atoms with van der Waals surface area (Å²) in [5.74, 6) is 0.830. The molecule has 2 rings (SSSR count). The third-order valence-electron chi connectivity index (χ3n) is 2.32. The summed E-state index contributed by atoms with van der Waals surface area (Å²) < 4.78 is 6.38. The second kappa shape index (κ2) is 5.12. The van der Waals surface area contributed by atoms with Crippen LogP contribution in [0.2, 0.25) is 0 Å². The number of hydrogen-bond acceptors (Lipinski definition) is 4. The number of thioether (sulfide) groups is 1. The van der Waals surface area contributed by atoms with Gasteiger partial charge < -0.3 is 4.74 Å². The minimum Gasteiger partial charge on any atom is -0.495 e. The maximum Gasteiger partial charge on any atom is 0.143 e. The largest absolute Gasteiger partial charge is 0.495 e. The highest BCUT2D eigenvalue weighted by Gasteiger charge is 2.18. The van der Waals surface area contributed by atoms with Crippen molar-refractivity contribution in [1.29, 1.82) is 0 Å². The molecule has 1 aliphatic rings. The van der Waals surface area contributed by atoms with Crippen molar-refractivity contribution in [3.8, 4) is 5.75 Å². The summed E-state index contributed by atoms with van der Waals surface area (Å²) in [7, 11) is 1.67. The van der Waals surface area contributed by atoms with E-state index in [0.29, 0.717) is 6.61 Å². The van der Waals surface area contributed by atoms with E-state index in [-0.39, 0.29) is 0 Å². The summed E-state index contributed by atoms with van der Waals surface area (Å²) >= 11 is 5.17. The number of rotatable bonds is 3. The van der Waals surface area contributed by atoms with E-state index >= 15 is 0 Å². The molecule has 0 atom stereocenters. The van der Waals surface area contributed by atoms with E-state index < -0.39 is 0 Å². The fourth-order valence-electron chi connectivity index (χ4n) is 1.60. The summed E-state index contributed by atoms with van der Waals surface area (Å²) in [4.78, 5) is 6.28. The molecular formula is C11H12BrNO2S. The third-order valence-corrected chi connectivity index (χ3v) is 3.72. The Morgan fingerprint density at radius 3 is 2.88 bits per heavy atom. The molecule has 1 heterocycles. The Morgan fingerprint density at radius 2 is 2.31 bits per heavy atom. The zero-order valence-electron chi connectivity index (χ0n) is 9.04. The number of ether oxygens (including phenoxy) is 1. The predicted octanol–water partition coefficient (Wildman–Crippen LogP) is 3.06. The van der Waals surface area contributed by atoms with Crippen molar-refractivity contribution in [1.82, 2.24) is 5.48 Å². The van der Waals surface area contributed by atoms with Crippen molar-refractivity contribution in [2.24, 2.45) is 0 Å². The van der Waals surface area contributed by atoms with Crippen molar-refractivity contribution in [3.05, 3.63) is 28.2 Å². The summed E-state index contributed by atoms with van der Waals surface area (Å²) in [5.41, 5.74) is 4.90. The summed E-state index contributed by atoms with van der Waals surface area (Å²) in [6, 6.07) is 4.05. The molecule has 5 heteroatoms. The molecule has 0 unspecified atom stereocenters. The van der Waals surface area contributed by atoms with E-state index in [1.54, 1.807) is 18.9 Å². The highest BCUT2D eigenvalue weighted by Crippen LogP contribution is 2.39. The Morgan fingerprint density at radius 1 is 1.50 bits per heavy atom. The van der Waals surface area contributed by atoms with Gasteiger partial charge in [-0.15, -0.1) is 11.8 Å². The van der Waals surface area contributed by atoms with Crippen LogP contribution in [0, 0.1) is 0 Å². The van der Waals surface area contributed by atoms with E-state index in [9.17, 15) is 0 Å². The number of halogens is 1. The fourth-order valence-corrected chi connectivity index (χ4v) is 2.71. The van der Waals surface area contributed by atoms with E-state index in [0.717, 1.165) is 26.4 Å². The van der Waals surface area contributed by atoms with Gasteiger partial charge in [0, 0.05) is 4.90 Å². The summed E-state index contributed by atoms with van der Waals surface area (Å²) in [6.45, 7) is 0.582. The predicted molar refractivity (Wildman–Crippen MR) is 69.5 cm³/mol. The Hall–Kier alpha value is -0.650. The average molecular weight is 302 g/mol. The number of hydroxylamine groups is 1. The minimum absolute atomic E-state index is 0.582. The lowest BCUT2D eigenvalue weighted by Gasteiger charge is -2.15. The van der Waals surface area contributed by atoms with Gasteiger partial charge in [0.05, 0.1) is 29.4 Å². The molecule has 16 heavy (non-hydrogen) atoms. The number of hydrogen-bond donors (Lipinski definition) is 1. The SMILES string of the molecule is COc1c(Br)ccc(SC)c1C1=CCON1. The van der Waals surface area contributed by atoms with E-state index in [4.69, 9.17) is 9.57 Å². The first-order valence-electron chi connectivity index (χ1n) is 4.76. The van der Waals surface area contributed by atoms with Gasteiger partial charge in [0.25, 0.3) is 0 Å². The molecule has 3 nitrogen and oxygen atoms in total. The van der Waals surface area contributed by atoms with Crippen LogP contribution in [0.4, 0.5) is 0 Å². The number of nitrogens with one attached hydrogen (secondary N) is 1. The molecular weight excluding hydrogens is 290 g/mol.